The van der Waals surface area contributed by atoms with Gasteiger partial charge in [0.1, 0.15) is 5.82 Å². The Hall–Kier alpha value is -2.98. The lowest BCUT2D eigenvalue weighted by molar-refractivity contribution is 0.0936. The topological polar surface area (TPSA) is 116 Å². The summed E-state index contributed by atoms with van der Waals surface area (Å²) in [7, 11) is -2.05. The largest absolute Gasteiger partial charge is 0.333 e. The second kappa shape index (κ2) is 9.10. The lowest BCUT2D eigenvalue weighted by Crippen LogP contribution is -2.46. The summed E-state index contributed by atoms with van der Waals surface area (Å²) < 4.78 is 38.2. The molecule has 4 N–H and O–H groups in total. The number of amides is 3. The molecule has 144 valence electrons. The summed E-state index contributed by atoms with van der Waals surface area (Å²) in [5.74, 6) is -1.23. The van der Waals surface area contributed by atoms with Crippen LogP contribution in [0.15, 0.2) is 48.5 Å². The average molecular weight is 394 g/mol. The molecule has 0 saturated carbocycles. The van der Waals surface area contributed by atoms with Gasteiger partial charge in [0.05, 0.1) is 5.75 Å². The fourth-order valence-corrected chi connectivity index (χ4v) is 2.90. The zero-order chi connectivity index (χ0) is 19.9. The second-order valence-electron chi connectivity index (χ2n) is 5.55. The van der Waals surface area contributed by atoms with Crippen LogP contribution in [0.4, 0.5) is 9.18 Å². The van der Waals surface area contributed by atoms with E-state index >= 15 is 0 Å². The highest BCUT2D eigenvalue weighted by atomic mass is 32.2. The van der Waals surface area contributed by atoms with E-state index in [4.69, 9.17) is 0 Å². The summed E-state index contributed by atoms with van der Waals surface area (Å²) in [5, 5.41) is 2.53. The molecule has 2 rings (SSSR count). The van der Waals surface area contributed by atoms with Gasteiger partial charge in [0.15, 0.2) is 0 Å². The van der Waals surface area contributed by atoms with Crippen LogP contribution in [-0.4, -0.2) is 27.4 Å². The molecule has 0 unspecified atom stereocenters. The fourth-order valence-electron chi connectivity index (χ4n) is 2.13. The van der Waals surface area contributed by atoms with Gasteiger partial charge < -0.3 is 5.32 Å². The number of carbonyl (C=O) groups excluding carboxylic acids is 2. The summed E-state index contributed by atoms with van der Waals surface area (Å²) in [6.07, 6.45) is 0. The van der Waals surface area contributed by atoms with Crippen LogP contribution >= 0.6 is 0 Å². The summed E-state index contributed by atoms with van der Waals surface area (Å²) in [6, 6.07) is 10.9. The third-order valence-electron chi connectivity index (χ3n) is 3.51. The standard InChI is InChI=1S/C17H19FN4O4S/c1-19-27(25,26)11-13-4-2-3-12(9-13)10-20-17(24)22-21-16(23)14-5-7-15(18)8-6-14/h2-9,19H,10-11H2,1H3,(H,21,23)(H2,20,22,24). The van der Waals surface area contributed by atoms with Gasteiger partial charge in [-0.05, 0) is 42.4 Å². The Balaban J connectivity index is 1.83. The van der Waals surface area contributed by atoms with Gasteiger partial charge in [-0.25, -0.2) is 27.8 Å². The average Bonchev–Trinajstić information content (AvgIpc) is 2.65. The maximum absolute atomic E-state index is 12.8. The van der Waals surface area contributed by atoms with Gasteiger partial charge in [-0.15, -0.1) is 0 Å². The van der Waals surface area contributed by atoms with Crippen LogP contribution in [0.25, 0.3) is 0 Å². The van der Waals surface area contributed by atoms with Crippen molar-refractivity contribution in [1.82, 2.24) is 20.9 Å². The third kappa shape index (κ3) is 6.68. The van der Waals surface area contributed by atoms with E-state index in [9.17, 15) is 22.4 Å². The number of benzene rings is 2. The number of hydrogen-bond donors (Lipinski definition) is 4. The lowest BCUT2D eigenvalue weighted by Gasteiger charge is -2.10. The van der Waals surface area contributed by atoms with Crippen molar-refractivity contribution in [2.45, 2.75) is 12.3 Å². The van der Waals surface area contributed by atoms with E-state index in [1.54, 1.807) is 24.3 Å². The van der Waals surface area contributed by atoms with Gasteiger partial charge in [-0.2, -0.15) is 0 Å². The number of urea groups is 1. The van der Waals surface area contributed by atoms with Crippen LogP contribution < -0.4 is 20.9 Å². The molecule has 0 atom stereocenters. The van der Waals surface area contributed by atoms with Gasteiger partial charge in [0.2, 0.25) is 10.0 Å². The van der Waals surface area contributed by atoms with E-state index < -0.39 is 27.8 Å². The van der Waals surface area contributed by atoms with E-state index in [0.29, 0.717) is 11.1 Å². The van der Waals surface area contributed by atoms with Crippen molar-refractivity contribution in [2.24, 2.45) is 0 Å². The van der Waals surface area contributed by atoms with Gasteiger partial charge in [0.25, 0.3) is 5.91 Å². The predicted octanol–water partition coefficient (Wildman–Crippen LogP) is 1.02. The first-order valence-corrected chi connectivity index (χ1v) is 9.53. The van der Waals surface area contributed by atoms with E-state index in [-0.39, 0.29) is 17.9 Å². The Kier molecular flexibility index (Phi) is 6.85. The van der Waals surface area contributed by atoms with Gasteiger partial charge in [-0.1, -0.05) is 24.3 Å². The Labute approximate surface area is 156 Å². The molecule has 2 aromatic rings. The molecule has 0 aliphatic heterocycles. The molecular weight excluding hydrogens is 375 g/mol. The summed E-state index contributed by atoms with van der Waals surface area (Å²) in [5.41, 5.74) is 5.83. The molecule has 0 aliphatic carbocycles. The quantitative estimate of drug-likeness (QED) is 0.547. The zero-order valence-corrected chi connectivity index (χ0v) is 15.3. The molecule has 0 aromatic heterocycles. The molecule has 0 saturated heterocycles. The summed E-state index contributed by atoms with van der Waals surface area (Å²) in [4.78, 5) is 23.6. The van der Waals surface area contributed by atoms with Crippen molar-refractivity contribution in [3.63, 3.8) is 0 Å². The molecule has 8 nitrogen and oxygen atoms in total. The number of nitrogens with one attached hydrogen (secondary N) is 4. The number of carbonyl (C=O) groups is 2. The number of halogens is 1. The predicted molar refractivity (Wildman–Crippen MR) is 97.4 cm³/mol. The minimum Gasteiger partial charge on any atom is -0.333 e. The SMILES string of the molecule is CNS(=O)(=O)Cc1cccc(CNC(=O)NNC(=O)c2ccc(F)cc2)c1. The fraction of sp³-hybridized carbons (Fsp3) is 0.176. The van der Waals surface area contributed by atoms with Crippen LogP contribution in [0.2, 0.25) is 0 Å². The molecule has 0 fully saturated rings. The number of hydrazine groups is 1. The minimum absolute atomic E-state index is 0.131. The highest BCUT2D eigenvalue weighted by Gasteiger charge is 2.10. The molecule has 0 aliphatic rings. The summed E-state index contributed by atoms with van der Waals surface area (Å²) in [6.45, 7) is 0.131. The maximum atomic E-state index is 12.8. The van der Waals surface area contributed by atoms with Crippen molar-refractivity contribution in [1.29, 1.82) is 0 Å². The lowest BCUT2D eigenvalue weighted by atomic mass is 10.1. The number of sulfonamides is 1. The van der Waals surface area contributed by atoms with E-state index in [2.05, 4.69) is 20.9 Å². The second-order valence-corrected chi connectivity index (χ2v) is 7.48. The first-order chi connectivity index (χ1) is 12.8. The number of rotatable bonds is 6. The van der Waals surface area contributed by atoms with Gasteiger partial charge in [-0.3, -0.25) is 10.2 Å². The van der Waals surface area contributed by atoms with Crippen molar-refractivity contribution in [3.05, 3.63) is 71.0 Å². The molecule has 27 heavy (non-hydrogen) atoms. The van der Waals surface area contributed by atoms with Crippen LogP contribution in [0, 0.1) is 5.82 Å². The molecule has 0 radical (unpaired) electrons. The molecule has 10 heteroatoms. The van der Waals surface area contributed by atoms with E-state index in [1.165, 1.54) is 19.2 Å². The Morgan fingerprint density at radius 3 is 2.33 bits per heavy atom. The Morgan fingerprint density at radius 2 is 1.67 bits per heavy atom. The van der Waals surface area contributed by atoms with E-state index in [1.807, 2.05) is 0 Å². The molecule has 0 spiro atoms. The maximum Gasteiger partial charge on any atom is 0.333 e. The van der Waals surface area contributed by atoms with Gasteiger partial charge in [0, 0.05) is 12.1 Å². The Morgan fingerprint density at radius 1 is 1.00 bits per heavy atom. The van der Waals surface area contributed by atoms with Crippen molar-refractivity contribution >= 4 is 22.0 Å². The molecule has 0 bridgehead atoms. The third-order valence-corrected chi connectivity index (χ3v) is 4.84. The summed E-state index contributed by atoms with van der Waals surface area (Å²) >= 11 is 0. The first kappa shape index (κ1) is 20.3. The Bertz CT molecular complexity index is 917. The van der Waals surface area contributed by atoms with Crippen LogP contribution in [0.1, 0.15) is 21.5 Å². The van der Waals surface area contributed by atoms with Crippen LogP contribution in [-0.2, 0) is 22.3 Å². The molecule has 2 aromatic carbocycles. The van der Waals surface area contributed by atoms with E-state index in [0.717, 1.165) is 12.1 Å². The molecule has 0 heterocycles. The van der Waals surface area contributed by atoms with Crippen LogP contribution in [0.5, 0.6) is 0 Å². The first-order valence-electron chi connectivity index (χ1n) is 7.88. The smallest absolute Gasteiger partial charge is 0.333 e. The molecular formula is C17H19FN4O4S. The molecule has 3 amide bonds. The monoisotopic (exact) mass is 394 g/mol. The van der Waals surface area contributed by atoms with Crippen molar-refractivity contribution in [3.8, 4) is 0 Å². The van der Waals surface area contributed by atoms with Crippen LogP contribution in [0.3, 0.4) is 0 Å². The minimum atomic E-state index is -3.39. The highest BCUT2D eigenvalue weighted by Crippen LogP contribution is 2.08. The van der Waals surface area contributed by atoms with Gasteiger partial charge >= 0.3 is 6.03 Å². The zero-order valence-electron chi connectivity index (χ0n) is 14.5. The number of hydrogen-bond acceptors (Lipinski definition) is 4. The highest BCUT2D eigenvalue weighted by molar-refractivity contribution is 7.88. The normalized spacial score (nSPS) is 10.9. The van der Waals surface area contributed by atoms with Crippen molar-refractivity contribution in [2.75, 3.05) is 7.05 Å². The van der Waals surface area contributed by atoms with Crippen molar-refractivity contribution < 1.29 is 22.4 Å².